The number of fused-ring (bicyclic) bond motifs is 1. The number of nitrogens with one attached hydrogen (secondary N) is 1. The fourth-order valence-electron chi connectivity index (χ4n) is 2.48. The normalized spacial score (nSPS) is 11.0. The zero-order valence-electron chi connectivity index (χ0n) is 12.8. The van der Waals surface area contributed by atoms with Gasteiger partial charge in [0.25, 0.3) is 0 Å². The molecule has 0 aliphatic heterocycles. The lowest BCUT2D eigenvalue weighted by atomic mass is 10.1. The number of aromatic hydroxyl groups is 1. The molecular formula is C18H14F2N2OS. The lowest BCUT2D eigenvalue weighted by molar-refractivity contribution is 0.449. The van der Waals surface area contributed by atoms with Crippen LogP contribution in [0.3, 0.4) is 0 Å². The van der Waals surface area contributed by atoms with Crippen LogP contribution < -0.4 is 0 Å². The first-order valence-electron chi connectivity index (χ1n) is 7.20. The van der Waals surface area contributed by atoms with Crippen molar-refractivity contribution in [2.24, 2.45) is 0 Å². The molecule has 3 nitrogen and oxygen atoms in total. The molecule has 0 spiro atoms. The van der Waals surface area contributed by atoms with E-state index in [2.05, 4.69) is 4.98 Å². The van der Waals surface area contributed by atoms with Gasteiger partial charge in [-0.3, -0.25) is 0 Å². The third-order valence-corrected chi connectivity index (χ3v) is 4.77. The third kappa shape index (κ3) is 2.97. The minimum Gasteiger partial charge on any atom is -0.493 e. The van der Waals surface area contributed by atoms with Gasteiger partial charge in [-0.25, -0.2) is 13.8 Å². The summed E-state index contributed by atoms with van der Waals surface area (Å²) in [6, 6.07) is 9.23. The second kappa shape index (κ2) is 6.57. The first-order valence-corrected chi connectivity index (χ1v) is 8.19. The summed E-state index contributed by atoms with van der Waals surface area (Å²) in [5.41, 5.74) is 1.30. The number of rotatable bonds is 4. The van der Waals surface area contributed by atoms with Crippen LogP contribution in [-0.4, -0.2) is 16.3 Å². The summed E-state index contributed by atoms with van der Waals surface area (Å²) < 4.78 is 27.7. The Morgan fingerprint density at radius 3 is 2.75 bits per heavy atom. The van der Waals surface area contributed by atoms with Gasteiger partial charge in [-0.2, -0.15) is 0 Å². The number of benzene rings is 2. The molecule has 0 radical (unpaired) electrons. The molecule has 0 fully saturated rings. The van der Waals surface area contributed by atoms with Gasteiger partial charge in [-0.05, 0) is 35.6 Å². The first-order chi connectivity index (χ1) is 11.5. The molecule has 0 bridgehead atoms. The van der Waals surface area contributed by atoms with Crippen molar-refractivity contribution in [3.05, 3.63) is 64.7 Å². The van der Waals surface area contributed by atoms with E-state index in [0.717, 1.165) is 6.21 Å². The molecule has 2 N–H and O–H groups in total. The van der Waals surface area contributed by atoms with Gasteiger partial charge in [0.15, 0.2) is 0 Å². The molecule has 0 saturated heterocycles. The molecule has 0 unspecified atom stereocenters. The van der Waals surface area contributed by atoms with Gasteiger partial charge >= 0.3 is 0 Å². The van der Waals surface area contributed by atoms with Crippen LogP contribution >= 0.6 is 11.8 Å². The van der Waals surface area contributed by atoms with Crippen LogP contribution in [0.25, 0.3) is 10.8 Å². The lowest BCUT2D eigenvalue weighted by Gasteiger charge is -2.10. The zero-order valence-corrected chi connectivity index (χ0v) is 13.6. The first kappa shape index (κ1) is 16.4. The minimum absolute atomic E-state index is 0.232. The van der Waals surface area contributed by atoms with E-state index < -0.39 is 5.82 Å². The Morgan fingerprint density at radius 2 is 2.00 bits per heavy atom. The van der Waals surface area contributed by atoms with E-state index in [-0.39, 0.29) is 17.3 Å². The van der Waals surface area contributed by atoms with Gasteiger partial charge in [0, 0.05) is 17.4 Å². The van der Waals surface area contributed by atoms with Crippen molar-refractivity contribution in [3.8, 4) is 5.88 Å². The van der Waals surface area contributed by atoms with Crippen molar-refractivity contribution in [2.75, 3.05) is 0 Å². The highest BCUT2D eigenvalue weighted by Gasteiger charge is 2.14. The molecular weight excluding hydrogens is 330 g/mol. The molecule has 3 rings (SSSR count). The number of halogens is 2. The van der Waals surface area contributed by atoms with Gasteiger partial charge in [0.1, 0.15) is 16.7 Å². The number of hydrogen-bond donors (Lipinski definition) is 2. The maximum Gasteiger partial charge on any atom is 0.221 e. The van der Waals surface area contributed by atoms with Crippen molar-refractivity contribution in [3.63, 3.8) is 0 Å². The van der Waals surface area contributed by atoms with Crippen LogP contribution in [0.2, 0.25) is 0 Å². The third-order valence-electron chi connectivity index (χ3n) is 3.73. The van der Waals surface area contributed by atoms with Crippen LogP contribution in [0.1, 0.15) is 16.7 Å². The highest BCUT2D eigenvalue weighted by atomic mass is 32.2. The van der Waals surface area contributed by atoms with Crippen LogP contribution in [0.5, 0.6) is 5.88 Å². The standard InChI is InChI=1S/C18H14F2N2OS/c1-10-3-2-4-11(16(10)20)9-24-18-14-7-12(19)5-6-13(14)15(8-21)17(23)22-18/h2-8,21H,9H2,1H3,(H,22,23). The van der Waals surface area contributed by atoms with Crippen molar-refractivity contribution in [1.29, 1.82) is 5.41 Å². The average Bonchev–Trinajstić information content (AvgIpc) is 2.56. The van der Waals surface area contributed by atoms with Gasteiger partial charge in [0.2, 0.25) is 5.88 Å². The highest BCUT2D eigenvalue weighted by Crippen LogP contribution is 2.34. The number of hydrogen-bond acceptors (Lipinski definition) is 4. The molecule has 0 aliphatic rings. The molecule has 0 amide bonds. The largest absolute Gasteiger partial charge is 0.493 e. The Morgan fingerprint density at radius 1 is 1.21 bits per heavy atom. The number of aryl methyl sites for hydroxylation is 1. The van der Waals surface area contributed by atoms with Crippen molar-refractivity contribution in [2.45, 2.75) is 17.7 Å². The topological polar surface area (TPSA) is 57.0 Å². The second-order valence-electron chi connectivity index (χ2n) is 5.33. The Hall–Kier alpha value is -2.47. The van der Waals surface area contributed by atoms with E-state index in [9.17, 15) is 13.9 Å². The van der Waals surface area contributed by atoms with Gasteiger partial charge < -0.3 is 10.5 Å². The summed E-state index contributed by atoms with van der Waals surface area (Å²) >= 11 is 1.22. The van der Waals surface area contributed by atoms with E-state index >= 15 is 0 Å². The van der Waals surface area contributed by atoms with Crippen LogP contribution in [0.15, 0.2) is 41.4 Å². The number of pyridine rings is 1. The molecule has 1 heterocycles. The summed E-state index contributed by atoms with van der Waals surface area (Å²) in [4.78, 5) is 4.06. The predicted octanol–water partition coefficient (Wildman–Crippen LogP) is 4.82. The lowest BCUT2D eigenvalue weighted by Crippen LogP contribution is -1.95. The highest BCUT2D eigenvalue weighted by molar-refractivity contribution is 7.98. The molecule has 1 aromatic heterocycles. The number of nitrogens with zero attached hydrogens (tertiary/aromatic N) is 1. The molecule has 0 atom stereocenters. The smallest absolute Gasteiger partial charge is 0.221 e. The van der Waals surface area contributed by atoms with Crippen molar-refractivity contribution < 1.29 is 13.9 Å². The second-order valence-corrected chi connectivity index (χ2v) is 6.29. The van der Waals surface area contributed by atoms with E-state index in [0.29, 0.717) is 32.7 Å². The summed E-state index contributed by atoms with van der Waals surface area (Å²) in [5, 5.41) is 18.8. The summed E-state index contributed by atoms with van der Waals surface area (Å²) in [6.45, 7) is 1.69. The molecule has 0 saturated carbocycles. The SMILES string of the molecule is Cc1cccc(CSc2nc(O)c(C=N)c3ccc(F)cc23)c1F. The summed E-state index contributed by atoms with van der Waals surface area (Å²) in [6.07, 6.45) is 0.983. The maximum atomic E-state index is 14.1. The fourth-order valence-corrected chi connectivity index (χ4v) is 3.47. The van der Waals surface area contributed by atoms with E-state index in [4.69, 9.17) is 5.41 Å². The maximum absolute atomic E-state index is 14.1. The molecule has 2 aromatic carbocycles. The van der Waals surface area contributed by atoms with Crippen molar-refractivity contribution in [1.82, 2.24) is 4.98 Å². The Labute approximate surface area is 141 Å². The monoisotopic (exact) mass is 344 g/mol. The summed E-state index contributed by atoms with van der Waals surface area (Å²) in [7, 11) is 0. The summed E-state index contributed by atoms with van der Waals surface area (Å²) in [5.74, 6) is -0.707. The van der Waals surface area contributed by atoms with E-state index in [1.54, 1.807) is 25.1 Å². The van der Waals surface area contributed by atoms with Crippen LogP contribution in [0.4, 0.5) is 8.78 Å². The van der Waals surface area contributed by atoms with Crippen LogP contribution in [-0.2, 0) is 5.75 Å². The number of aromatic nitrogens is 1. The molecule has 3 aromatic rings. The molecule has 122 valence electrons. The Balaban J connectivity index is 2.04. The Bertz CT molecular complexity index is 944. The molecule has 6 heteroatoms. The van der Waals surface area contributed by atoms with Gasteiger partial charge in [0.05, 0.1) is 5.56 Å². The fraction of sp³-hybridized carbons (Fsp3) is 0.111. The Kier molecular flexibility index (Phi) is 4.49. The van der Waals surface area contributed by atoms with Gasteiger partial charge in [-0.15, -0.1) is 11.8 Å². The van der Waals surface area contributed by atoms with E-state index in [1.807, 2.05) is 0 Å². The van der Waals surface area contributed by atoms with E-state index in [1.165, 1.54) is 30.0 Å². The average molecular weight is 344 g/mol. The zero-order chi connectivity index (χ0) is 17.3. The quantitative estimate of drug-likeness (QED) is 0.527. The van der Waals surface area contributed by atoms with Crippen LogP contribution in [0, 0.1) is 24.0 Å². The van der Waals surface area contributed by atoms with Gasteiger partial charge in [-0.1, -0.05) is 24.3 Å². The molecule has 0 aliphatic carbocycles. The predicted molar refractivity (Wildman–Crippen MR) is 91.9 cm³/mol. The molecule has 24 heavy (non-hydrogen) atoms. The number of thioether (sulfide) groups is 1. The minimum atomic E-state index is -0.436. The van der Waals surface area contributed by atoms with Crippen molar-refractivity contribution >= 4 is 28.7 Å².